The fraction of sp³-hybridized carbons (Fsp3) is 0.917. The van der Waals surface area contributed by atoms with Crippen LogP contribution in [0, 0.1) is 10.8 Å². The van der Waals surface area contributed by atoms with Crippen LogP contribution in [0.4, 0.5) is 0 Å². The number of aliphatic hydroxyl groups excluding tert-OH is 1. The topological polar surface area (TPSA) is 49.3 Å². The minimum Gasteiger partial charge on any atom is -0.391 e. The first kappa shape index (κ1) is 14.4. The fourth-order valence-corrected chi connectivity index (χ4v) is 1.06. The van der Waals surface area contributed by atoms with Gasteiger partial charge < -0.3 is 10.4 Å². The SMILES string of the molecule is CC(C)(C)CC(=O)NCC(O)C(C)(C)C. The van der Waals surface area contributed by atoms with E-state index in [-0.39, 0.29) is 16.7 Å². The minimum absolute atomic E-state index is 0.00321. The Hall–Kier alpha value is -0.570. The Morgan fingerprint density at radius 3 is 2.00 bits per heavy atom. The van der Waals surface area contributed by atoms with E-state index in [0.29, 0.717) is 13.0 Å². The van der Waals surface area contributed by atoms with Crippen molar-refractivity contribution in [2.75, 3.05) is 6.54 Å². The summed E-state index contributed by atoms with van der Waals surface area (Å²) < 4.78 is 0. The van der Waals surface area contributed by atoms with Crippen LogP contribution < -0.4 is 5.32 Å². The highest BCUT2D eigenvalue weighted by Crippen LogP contribution is 2.19. The molecule has 0 radical (unpaired) electrons. The summed E-state index contributed by atoms with van der Waals surface area (Å²) in [5.74, 6) is 0.00537. The molecule has 0 aromatic rings. The third-order valence-corrected chi connectivity index (χ3v) is 2.18. The summed E-state index contributed by atoms with van der Waals surface area (Å²) in [6, 6.07) is 0. The molecule has 1 atom stereocenters. The first-order valence-corrected chi connectivity index (χ1v) is 5.47. The minimum atomic E-state index is -0.499. The zero-order valence-electron chi connectivity index (χ0n) is 10.8. The Morgan fingerprint density at radius 1 is 1.20 bits per heavy atom. The molecule has 0 saturated carbocycles. The molecule has 0 bridgehead atoms. The van der Waals surface area contributed by atoms with E-state index < -0.39 is 6.10 Å². The highest BCUT2D eigenvalue weighted by molar-refractivity contribution is 5.76. The summed E-state index contributed by atoms with van der Waals surface area (Å²) in [5, 5.41) is 12.5. The standard InChI is InChI=1S/C12H25NO2/c1-11(2,3)7-10(15)13-8-9(14)12(4,5)6/h9,14H,7-8H2,1-6H3,(H,13,15). The van der Waals surface area contributed by atoms with Crippen LogP contribution in [0.1, 0.15) is 48.0 Å². The number of nitrogens with one attached hydrogen (secondary N) is 1. The Labute approximate surface area is 93.3 Å². The van der Waals surface area contributed by atoms with Crippen molar-refractivity contribution in [1.82, 2.24) is 5.32 Å². The predicted molar refractivity (Wildman–Crippen MR) is 62.5 cm³/mol. The summed E-state index contributed by atoms with van der Waals surface area (Å²) in [7, 11) is 0. The summed E-state index contributed by atoms with van der Waals surface area (Å²) >= 11 is 0. The van der Waals surface area contributed by atoms with Crippen LogP contribution in [0.25, 0.3) is 0 Å². The highest BCUT2D eigenvalue weighted by atomic mass is 16.3. The fourth-order valence-electron chi connectivity index (χ4n) is 1.06. The molecule has 0 aromatic carbocycles. The van der Waals surface area contributed by atoms with E-state index in [4.69, 9.17) is 0 Å². The van der Waals surface area contributed by atoms with E-state index in [1.807, 2.05) is 41.5 Å². The quantitative estimate of drug-likeness (QED) is 0.756. The summed E-state index contributed by atoms with van der Waals surface area (Å²) in [6.45, 7) is 12.2. The maximum Gasteiger partial charge on any atom is 0.220 e. The Balaban J connectivity index is 3.92. The second-order valence-electron chi connectivity index (χ2n) is 6.42. The van der Waals surface area contributed by atoms with Gasteiger partial charge in [-0.2, -0.15) is 0 Å². The third-order valence-electron chi connectivity index (χ3n) is 2.18. The van der Waals surface area contributed by atoms with Gasteiger partial charge in [0.2, 0.25) is 5.91 Å². The number of hydrogen-bond donors (Lipinski definition) is 2. The molecule has 3 nitrogen and oxygen atoms in total. The molecule has 0 heterocycles. The molecule has 0 spiro atoms. The normalized spacial score (nSPS) is 14.9. The number of amides is 1. The van der Waals surface area contributed by atoms with Crippen molar-refractivity contribution in [1.29, 1.82) is 0 Å². The van der Waals surface area contributed by atoms with Crippen molar-refractivity contribution < 1.29 is 9.90 Å². The number of hydrogen-bond acceptors (Lipinski definition) is 2. The predicted octanol–water partition coefficient (Wildman–Crippen LogP) is 1.95. The van der Waals surface area contributed by atoms with Gasteiger partial charge in [-0.15, -0.1) is 0 Å². The van der Waals surface area contributed by atoms with E-state index in [1.54, 1.807) is 0 Å². The molecule has 1 amide bonds. The number of aliphatic hydroxyl groups is 1. The average Bonchev–Trinajstić information content (AvgIpc) is 1.94. The van der Waals surface area contributed by atoms with Crippen molar-refractivity contribution in [3.8, 4) is 0 Å². The lowest BCUT2D eigenvalue weighted by Crippen LogP contribution is -2.40. The lowest BCUT2D eigenvalue weighted by molar-refractivity contribution is -0.123. The third kappa shape index (κ3) is 7.37. The molecule has 0 aromatic heterocycles. The Bertz CT molecular complexity index is 211. The monoisotopic (exact) mass is 215 g/mol. The average molecular weight is 215 g/mol. The number of carbonyl (C=O) groups excluding carboxylic acids is 1. The Morgan fingerprint density at radius 2 is 1.67 bits per heavy atom. The molecule has 3 heteroatoms. The van der Waals surface area contributed by atoms with E-state index in [9.17, 15) is 9.90 Å². The van der Waals surface area contributed by atoms with Crippen LogP contribution in [0.5, 0.6) is 0 Å². The molecule has 0 aliphatic rings. The zero-order valence-corrected chi connectivity index (χ0v) is 10.8. The lowest BCUT2D eigenvalue weighted by Gasteiger charge is -2.26. The smallest absolute Gasteiger partial charge is 0.220 e. The van der Waals surface area contributed by atoms with Crippen molar-refractivity contribution in [3.63, 3.8) is 0 Å². The van der Waals surface area contributed by atoms with E-state index in [0.717, 1.165) is 0 Å². The van der Waals surface area contributed by atoms with Crippen LogP contribution in [0.2, 0.25) is 0 Å². The van der Waals surface area contributed by atoms with Gasteiger partial charge in [-0.3, -0.25) is 4.79 Å². The van der Waals surface area contributed by atoms with Gasteiger partial charge in [-0.1, -0.05) is 41.5 Å². The summed E-state index contributed by atoms with van der Waals surface area (Å²) in [5.41, 5.74) is -0.189. The van der Waals surface area contributed by atoms with Gasteiger partial charge >= 0.3 is 0 Å². The summed E-state index contributed by atoms with van der Waals surface area (Å²) in [4.78, 5) is 11.5. The van der Waals surface area contributed by atoms with Crippen LogP contribution in [0.3, 0.4) is 0 Å². The van der Waals surface area contributed by atoms with E-state index in [1.165, 1.54) is 0 Å². The van der Waals surface area contributed by atoms with Gasteiger partial charge in [-0.25, -0.2) is 0 Å². The molecule has 2 N–H and O–H groups in total. The van der Waals surface area contributed by atoms with Gasteiger partial charge in [0.25, 0.3) is 0 Å². The maximum atomic E-state index is 11.5. The molecule has 90 valence electrons. The molecule has 0 rings (SSSR count). The maximum absolute atomic E-state index is 11.5. The molecule has 15 heavy (non-hydrogen) atoms. The van der Waals surface area contributed by atoms with Crippen molar-refractivity contribution in [2.24, 2.45) is 10.8 Å². The summed E-state index contributed by atoms with van der Waals surface area (Å²) in [6.07, 6.45) is -0.00874. The molecule has 0 aliphatic heterocycles. The molecule has 1 unspecified atom stereocenters. The van der Waals surface area contributed by atoms with Gasteiger partial charge in [-0.05, 0) is 10.8 Å². The van der Waals surface area contributed by atoms with Crippen LogP contribution in [-0.4, -0.2) is 23.7 Å². The molecular weight excluding hydrogens is 190 g/mol. The van der Waals surface area contributed by atoms with Crippen molar-refractivity contribution in [2.45, 2.75) is 54.1 Å². The molecule has 0 saturated heterocycles. The lowest BCUT2D eigenvalue weighted by atomic mass is 9.88. The first-order valence-electron chi connectivity index (χ1n) is 5.47. The molecule has 0 aliphatic carbocycles. The molecular formula is C12H25NO2. The zero-order chi connectivity index (χ0) is 12.3. The van der Waals surface area contributed by atoms with Crippen molar-refractivity contribution >= 4 is 5.91 Å². The van der Waals surface area contributed by atoms with Gasteiger partial charge in [0.15, 0.2) is 0 Å². The number of rotatable bonds is 3. The second kappa shape index (κ2) is 4.97. The first-order chi connectivity index (χ1) is 6.52. The highest BCUT2D eigenvalue weighted by Gasteiger charge is 2.23. The second-order valence-corrected chi connectivity index (χ2v) is 6.42. The molecule has 0 fully saturated rings. The van der Waals surface area contributed by atoms with E-state index >= 15 is 0 Å². The van der Waals surface area contributed by atoms with Gasteiger partial charge in [0, 0.05) is 13.0 Å². The number of carbonyl (C=O) groups is 1. The van der Waals surface area contributed by atoms with Crippen LogP contribution >= 0.6 is 0 Å². The van der Waals surface area contributed by atoms with Gasteiger partial charge in [0.1, 0.15) is 0 Å². The largest absolute Gasteiger partial charge is 0.391 e. The van der Waals surface area contributed by atoms with Gasteiger partial charge in [0.05, 0.1) is 6.10 Å². The van der Waals surface area contributed by atoms with Crippen LogP contribution in [-0.2, 0) is 4.79 Å². The Kier molecular flexibility index (Phi) is 4.78. The van der Waals surface area contributed by atoms with Crippen molar-refractivity contribution in [3.05, 3.63) is 0 Å². The van der Waals surface area contributed by atoms with E-state index in [2.05, 4.69) is 5.32 Å². The van der Waals surface area contributed by atoms with Crippen LogP contribution in [0.15, 0.2) is 0 Å².